The molecule has 2 amide bonds. The van der Waals surface area contributed by atoms with Gasteiger partial charge in [0.1, 0.15) is 5.75 Å². The standard InChI is InChI=1S/C21H24ClN3O3/c1-24(13-20(26)23-18-11-17(22)7-8-19(18)28-2)21(27)14-25-10-9-15-5-3-4-6-16(15)12-25/h3-8,11H,9-10,12-14H2,1-2H3,(H,23,26). The summed E-state index contributed by atoms with van der Waals surface area (Å²) in [6, 6.07) is 13.3. The molecule has 0 fully saturated rings. The fourth-order valence-corrected chi connectivity index (χ4v) is 3.44. The van der Waals surface area contributed by atoms with Crippen molar-refractivity contribution < 1.29 is 14.3 Å². The number of benzene rings is 2. The molecule has 2 aromatic rings. The van der Waals surface area contributed by atoms with Crippen LogP contribution < -0.4 is 10.1 Å². The molecule has 148 valence electrons. The number of hydrogen-bond acceptors (Lipinski definition) is 4. The van der Waals surface area contributed by atoms with Crippen molar-refractivity contribution in [1.82, 2.24) is 9.80 Å². The van der Waals surface area contributed by atoms with Crippen LogP contribution in [-0.2, 0) is 22.6 Å². The number of hydrogen-bond donors (Lipinski definition) is 1. The summed E-state index contributed by atoms with van der Waals surface area (Å²) in [5.74, 6) is 0.117. The zero-order valence-electron chi connectivity index (χ0n) is 16.1. The number of ether oxygens (including phenoxy) is 1. The molecule has 0 bridgehead atoms. The molecule has 0 aromatic heterocycles. The average Bonchev–Trinajstić information content (AvgIpc) is 2.68. The van der Waals surface area contributed by atoms with Gasteiger partial charge in [-0.3, -0.25) is 14.5 Å². The third kappa shape index (κ3) is 5.03. The van der Waals surface area contributed by atoms with Gasteiger partial charge in [-0.2, -0.15) is 0 Å². The third-order valence-corrected chi connectivity index (χ3v) is 5.05. The summed E-state index contributed by atoms with van der Waals surface area (Å²) in [7, 11) is 3.15. The van der Waals surface area contributed by atoms with Crippen LogP contribution in [0.1, 0.15) is 11.1 Å². The van der Waals surface area contributed by atoms with E-state index in [9.17, 15) is 9.59 Å². The molecule has 1 aliphatic rings. The normalized spacial score (nSPS) is 13.5. The van der Waals surface area contributed by atoms with E-state index < -0.39 is 0 Å². The molecule has 0 spiro atoms. The number of fused-ring (bicyclic) bond motifs is 1. The molecule has 0 aliphatic carbocycles. The number of rotatable bonds is 6. The number of nitrogens with zero attached hydrogens (tertiary/aromatic N) is 2. The highest BCUT2D eigenvalue weighted by Gasteiger charge is 2.21. The molecule has 1 aliphatic heterocycles. The van der Waals surface area contributed by atoms with Gasteiger partial charge in [-0.05, 0) is 35.7 Å². The highest BCUT2D eigenvalue weighted by atomic mass is 35.5. The molecule has 0 radical (unpaired) electrons. The van der Waals surface area contributed by atoms with Crippen molar-refractivity contribution in [3.63, 3.8) is 0 Å². The van der Waals surface area contributed by atoms with Gasteiger partial charge in [0.2, 0.25) is 11.8 Å². The summed E-state index contributed by atoms with van der Waals surface area (Å²) < 4.78 is 5.22. The predicted octanol–water partition coefficient (Wildman–Crippen LogP) is 2.80. The molecular weight excluding hydrogens is 378 g/mol. The number of nitrogens with one attached hydrogen (secondary N) is 1. The van der Waals surface area contributed by atoms with Crippen molar-refractivity contribution in [3.05, 3.63) is 58.6 Å². The molecule has 7 heteroatoms. The third-order valence-electron chi connectivity index (χ3n) is 4.81. The van der Waals surface area contributed by atoms with Crippen molar-refractivity contribution in [2.75, 3.05) is 39.1 Å². The molecule has 0 saturated heterocycles. The molecule has 0 atom stereocenters. The second kappa shape index (κ2) is 9.08. The highest BCUT2D eigenvalue weighted by molar-refractivity contribution is 6.31. The maximum atomic E-state index is 12.5. The lowest BCUT2D eigenvalue weighted by Gasteiger charge is -2.29. The Hall–Kier alpha value is -2.57. The van der Waals surface area contributed by atoms with Gasteiger partial charge in [0.15, 0.2) is 0 Å². The number of likely N-dealkylation sites (N-methyl/N-ethyl adjacent to an activating group) is 1. The minimum Gasteiger partial charge on any atom is -0.495 e. The van der Waals surface area contributed by atoms with Crippen LogP contribution in [0, 0.1) is 0 Å². The highest BCUT2D eigenvalue weighted by Crippen LogP contribution is 2.27. The van der Waals surface area contributed by atoms with E-state index in [1.165, 1.54) is 23.1 Å². The smallest absolute Gasteiger partial charge is 0.244 e. The first-order valence-corrected chi connectivity index (χ1v) is 9.50. The number of carbonyl (C=O) groups excluding carboxylic acids is 2. The second-order valence-electron chi connectivity index (χ2n) is 6.87. The Balaban J connectivity index is 1.53. The molecule has 28 heavy (non-hydrogen) atoms. The van der Waals surface area contributed by atoms with Crippen molar-refractivity contribution >= 4 is 29.1 Å². The lowest BCUT2D eigenvalue weighted by molar-refractivity contribution is -0.134. The summed E-state index contributed by atoms with van der Waals surface area (Å²) >= 11 is 5.98. The van der Waals surface area contributed by atoms with Crippen LogP contribution in [0.5, 0.6) is 5.75 Å². The van der Waals surface area contributed by atoms with E-state index in [1.807, 2.05) is 12.1 Å². The predicted molar refractivity (Wildman–Crippen MR) is 110 cm³/mol. The Morgan fingerprint density at radius 1 is 1.21 bits per heavy atom. The lowest BCUT2D eigenvalue weighted by Crippen LogP contribution is -2.43. The Bertz CT molecular complexity index is 872. The van der Waals surface area contributed by atoms with E-state index in [1.54, 1.807) is 25.2 Å². The molecule has 3 rings (SSSR count). The van der Waals surface area contributed by atoms with Crippen LogP contribution >= 0.6 is 11.6 Å². The molecule has 0 unspecified atom stereocenters. The molecule has 2 aromatic carbocycles. The van der Waals surface area contributed by atoms with Crippen LogP contribution in [0.2, 0.25) is 5.02 Å². The summed E-state index contributed by atoms with van der Waals surface area (Å²) in [5.41, 5.74) is 3.08. The summed E-state index contributed by atoms with van der Waals surface area (Å²) in [6.07, 6.45) is 0.933. The largest absolute Gasteiger partial charge is 0.495 e. The first-order chi connectivity index (χ1) is 13.5. The SMILES string of the molecule is COc1ccc(Cl)cc1NC(=O)CN(C)C(=O)CN1CCc2ccccc2C1. The maximum Gasteiger partial charge on any atom is 0.244 e. The minimum atomic E-state index is -0.305. The Morgan fingerprint density at radius 2 is 1.96 bits per heavy atom. The topological polar surface area (TPSA) is 61.9 Å². The van der Waals surface area contributed by atoms with Crippen molar-refractivity contribution in [1.29, 1.82) is 0 Å². The van der Waals surface area contributed by atoms with E-state index in [2.05, 4.69) is 22.3 Å². The van der Waals surface area contributed by atoms with Gasteiger partial charge < -0.3 is 15.0 Å². The van der Waals surface area contributed by atoms with Crippen molar-refractivity contribution in [3.8, 4) is 5.75 Å². The van der Waals surface area contributed by atoms with Crippen LogP contribution in [0.3, 0.4) is 0 Å². The molecule has 1 N–H and O–H groups in total. The Labute approximate surface area is 170 Å². The van der Waals surface area contributed by atoms with Gasteiger partial charge in [-0.1, -0.05) is 35.9 Å². The molecule has 1 heterocycles. The molecular formula is C21H24ClN3O3. The Kier molecular flexibility index (Phi) is 6.54. The first kappa shape index (κ1) is 20.2. The minimum absolute atomic E-state index is 0.0427. The van der Waals surface area contributed by atoms with Gasteiger partial charge in [0.05, 0.1) is 25.9 Å². The molecule has 6 nitrogen and oxygen atoms in total. The van der Waals surface area contributed by atoms with Crippen LogP contribution in [0.15, 0.2) is 42.5 Å². The number of methoxy groups -OCH3 is 1. The summed E-state index contributed by atoms with van der Waals surface area (Å²) in [5, 5.41) is 3.24. The summed E-state index contributed by atoms with van der Waals surface area (Å²) in [4.78, 5) is 28.4. The number of anilines is 1. The summed E-state index contributed by atoms with van der Waals surface area (Å²) in [6.45, 7) is 1.84. The maximum absolute atomic E-state index is 12.5. The number of amides is 2. The van der Waals surface area contributed by atoms with E-state index in [0.29, 0.717) is 23.0 Å². The van der Waals surface area contributed by atoms with Gasteiger partial charge in [-0.25, -0.2) is 0 Å². The average molecular weight is 402 g/mol. The zero-order valence-corrected chi connectivity index (χ0v) is 16.8. The Morgan fingerprint density at radius 3 is 2.71 bits per heavy atom. The van der Waals surface area contributed by atoms with Crippen molar-refractivity contribution in [2.24, 2.45) is 0 Å². The second-order valence-corrected chi connectivity index (χ2v) is 7.31. The van der Waals surface area contributed by atoms with Crippen LogP contribution in [-0.4, -0.2) is 55.4 Å². The first-order valence-electron chi connectivity index (χ1n) is 9.12. The van der Waals surface area contributed by atoms with E-state index >= 15 is 0 Å². The van der Waals surface area contributed by atoms with Crippen LogP contribution in [0.4, 0.5) is 5.69 Å². The van der Waals surface area contributed by atoms with E-state index in [0.717, 1.165) is 19.5 Å². The fraction of sp³-hybridized carbons (Fsp3) is 0.333. The van der Waals surface area contributed by atoms with E-state index in [4.69, 9.17) is 16.3 Å². The quantitative estimate of drug-likeness (QED) is 0.808. The zero-order chi connectivity index (χ0) is 20.1. The van der Waals surface area contributed by atoms with E-state index in [-0.39, 0.29) is 18.4 Å². The fourth-order valence-electron chi connectivity index (χ4n) is 3.27. The van der Waals surface area contributed by atoms with Crippen molar-refractivity contribution in [2.45, 2.75) is 13.0 Å². The van der Waals surface area contributed by atoms with Gasteiger partial charge in [0, 0.05) is 25.2 Å². The van der Waals surface area contributed by atoms with Crippen LogP contribution in [0.25, 0.3) is 0 Å². The van der Waals surface area contributed by atoms with Gasteiger partial charge in [0.25, 0.3) is 0 Å². The number of carbonyl (C=O) groups is 2. The van der Waals surface area contributed by atoms with Gasteiger partial charge in [-0.15, -0.1) is 0 Å². The lowest BCUT2D eigenvalue weighted by atomic mass is 10.00. The monoisotopic (exact) mass is 401 g/mol. The molecule has 0 saturated carbocycles. The number of halogens is 1. The van der Waals surface area contributed by atoms with Gasteiger partial charge >= 0.3 is 0 Å².